The Balaban J connectivity index is 1.81. The number of rotatable bonds is 3. The minimum absolute atomic E-state index is 0.222. The zero-order chi connectivity index (χ0) is 16.3. The molecule has 122 valence electrons. The van der Waals surface area contributed by atoms with Gasteiger partial charge in [-0.05, 0) is 80.5 Å². The van der Waals surface area contributed by atoms with Gasteiger partial charge in [0.25, 0.3) is 0 Å². The molecule has 1 unspecified atom stereocenters. The molecule has 2 rings (SSSR count). The van der Waals surface area contributed by atoms with E-state index < -0.39 is 5.60 Å². The summed E-state index contributed by atoms with van der Waals surface area (Å²) in [6.45, 7) is 9.84. The largest absolute Gasteiger partial charge is 0.493 e. The molecule has 1 fully saturated rings. The Labute approximate surface area is 146 Å². The topological polar surface area (TPSA) is 38.8 Å². The smallest absolute Gasteiger partial charge is 0.410 e. The molecule has 1 atom stereocenters. The van der Waals surface area contributed by atoms with Crippen LogP contribution < -0.4 is 4.74 Å². The number of likely N-dealkylation sites (tertiary alicyclic amines) is 1. The van der Waals surface area contributed by atoms with Crippen molar-refractivity contribution in [3.05, 3.63) is 27.3 Å². The van der Waals surface area contributed by atoms with Crippen LogP contribution in [0.3, 0.4) is 0 Å². The van der Waals surface area contributed by atoms with Crippen molar-refractivity contribution in [2.75, 3.05) is 19.7 Å². The molecular formula is C17H24INO3. The van der Waals surface area contributed by atoms with Gasteiger partial charge in [-0.2, -0.15) is 0 Å². The number of nitrogens with zero attached hydrogens (tertiary/aromatic N) is 1. The van der Waals surface area contributed by atoms with Gasteiger partial charge >= 0.3 is 6.09 Å². The van der Waals surface area contributed by atoms with Gasteiger partial charge in [-0.15, -0.1) is 0 Å². The highest BCUT2D eigenvalue weighted by Crippen LogP contribution is 2.23. The predicted molar refractivity (Wildman–Crippen MR) is 95.3 cm³/mol. The van der Waals surface area contributed by atoms with Gasteiger partial charge in [0.2, 0.25) is 0 Å². The van der Waals surface area contributed by atoms with Crippen LogP contribution in [0.1, 0.15) is 32.8 Å². The van der Waals surface area contributed by atoms with Crippen molar-refractivity contribution in [1.29, 1.82) is 0 Å². The number of ether oxygens (including phenoxy) is 2. The van der Waals surface area contributed by atoms with Crippen molar-refractivity contribution < 1.29 is 14.3 Å². The normalized spacial score (nSPS) is 18.4. The average Bonchev–Trinajstić information content (AvgIpc) is 2.87. The highest BCUT2D eigenvalue weighted by atomic mass is 127. The van der Waals surface area contributed by atoms with Crippen molar-refractivity contribution in [1.82, 2.24) is 4.90 Å². The molecule has 0 N–H and O–H groups in total. The Hall–Kier alpha value is -0.980. The molecule has 0 bridgehead atoms. The van der Waals surface area contributed by atoms with Crippen molar-refractivity contribution in [3.8, 4) is 5.75 Å². The maximum Gasteiger partial charge on any atom is 0.410 e. The third kappa shape index (κ3) is 5.04. The second-order valence-corrected chi connectivity index (χ2v) is 7.97. The van der Waals surface area contributed by atoms with Gasteiger partial charge in [0, 0.05) is 22.6 Å². The molecule has 0 spiro atoms. The Bertz CT molecular complexity index is 539. The molecule has 1 amide bonds. The van der Waals surface area contributed by atoms with Crippen molar-refractivity contribution >= 4 is 28.7 Å². The van der Waals surface area contributed by atoms with E-state index in [1.165, 1.54) is 9.13 Å². The molecule has 1 heterocycles. The van der Waals surface area contributed by atoms with Crippen LogP contribution in [0.25, 0.3) is 0 Å². The predicted octanol–water partition coefficient (Wildman–Crippen LogP) is 4.24. The molecule has 1 aliphatic heterocycles. The second-order valence-electron chi connectivity index (χ2n) is 6.80. The Morgan fingerprint density at radius 3 is 2.77 bits per heavy atom. The molecule has 22 heavy (non-hydrogen) atoms. The van der Waals surface area contributed by atoms with E-state index in [1.807, 2.05) is 26.8 Å². The summed E-state index contributed by atoms with van der Waals surface area (Å²) < 4.78 is 12.5. The number of amides is 1. The minimum Gasteiger partial charge on any atom is -0.493 e. The van der Waals surface area contributed by atoms with Gasteiger partial charge in [-0.1, -0.05) is 0 Å². The summed E-state index contributed by atoms with van der Waals surface area (Å²) in [5.74, 6) is 1.26. The number of benzene rings is 1. The Morgan fingerprint density at radius 2 is 2.14 bits per heavy atom. The van der Waals surface area contributed by atoms with Crippen molar-refractivity contribution in [2.24, 2.45) is 5.92 Å². The molecule has 0 radical (unpaired) electrons. The molecule has 1 saturated heterocycles. The molecular weight excluding hydrogens is 393 g/mol. The first-order valence-electron chi connectivity index (χ1n) is 7.61. The van der Waals surface area contributed by atoms with Crippen LogP contribution in [0.4, 0.5) is 4.79 Å². The van der Waals surface area contributed by atoms with E-state index in [2.05, 4.69) is 41.6 Å². The summed E-state index contributed by atoms with van der Waals surface area (Å²) in [6, 6.07) is 6.12. The zero-order valence-corrected chi connectivity index (χ0v) is 15.8. The number of carbonyl (C=O) groups is 1. The minimum atomic E-state index is -0.440. The average molecular weight is 417 g/mol. The van der Waals surface area contributed by atoms with Gasteiger partial charge in [-0.25, -0.2) is 4.79 Å². The Kier molecular flexibility index (Phi) is 5.58. The zero-order valence-electron chi connectivity index (χ0n) is 13.7. The lowest BCUT2D eigenvalue weighted by Gasteiger charge is -2.24. The highest BCUT2D eigenvalue weighted by molar-refractivity contribution is 14.1. The Morgan fingerprint density at radius 1 is 1.41 bits per heavy atom. The van der Waals surface area contributed by atoms with E-state index in [9.17, 15) is 4.79 Å². The lowest BCUT2D eigenvalue weighted by molar-refractivity contribution is 0.0285. The number of halogens is 1. The number of aryl methyl sites for hydroxylation is 1. The van der Waals surface area contributed by atoms with E-state index in [-0.39, 0.29) is 6.09 Å². The fourth-order valence-corrected chi connectivity index (χ4v) is 2.72. The van der Waals surface area contributed by atoms with Crippen LogP contribution in [-0.2, 0) is 4.74 Å². The molecule has 5 heteroatoms. The van der Waals surface area contributed by atoms with Gasteiger partial charge in [0.15, 0.2) is 0 Å². The highest BCUT2D eigenvalue weighted by Gasteiger charge is 2.30. The van der Waals surface area contributed by atoms with Crippen LogP contribution in [0.2, 0.25) is 0 Å². The van der Waals surface area contributed by atoms with E-state index in [4.69, 9.17) is 9.47 Å². The van der Waals surface area contributed by atoms with Crippen LogP contribution in [0, 0.1) is 16.4 Å². The lowest BCUT2D eigenvalue weighted by atomic mass is 10.1. The van der Waals surface area contributed by atoms with Gasteiger partial charge in [-0.3, -0.25) is 0 Å². The van der Waals surface area contributed by atoms with E-state index in [0.29, 0.717) is 19.1 Å². The van der Waals surface area contributed by atoms with Gasteiger partial charge in [0.05, 0.1) is 6.61 Å². The summed E-state index contributed by atoms with van der Waals surface area (Å²) in [5, 5.41) is 0. The van der Waals surface area contributed by atoms with E-state index in [1.54, 1.807) is 4.90 Å². The summed E-state index contributed by atoms with van der Waals surface area (Å²) >= 11 is 2.31. The number of hydrogen-bond acceptors (Lipinski definition) is 3. The third-order valence-corrected chi connectivity index (χ3v) is 4.76. The first kappa shape index (κ1) is 17.4. The molecule has 1 aromatic carbocycles. The molecule has 0 aromatic heterocycles. The van der Waals surface area contributed by atoms with Crippen molar-refractivity contribution in [3.63, 3.8) is 0 Å². The van der Waals surface area contributed by atoms with Gasteiger partial charge < -0.3 is 14.4 Å². The monoisotopic (exact) mass is 417 g/mol. The fraction of sp³-hybridized carbons (Fsp3) is 0.588. The SMILES string of the molecule is Cc1cc(OCC2CCN(C(=O)OC(C)(C)C)C2)ccc1I. The van der Waals surface area contributed by atoms with Crippen LogP contribution >= 0.6 is 22.6 Å². The maximum absolute atomic E-state index is 12.0. The van der Waals surface area contributed by atoms with E-state index in [0.717, 1.165) is 18.7 Å². The number of carbonyl (C=O) groups excluding carboxylic acids is 1. The third-order valence-electron chi connectivity index (χ3n) is 3.55. The van der Waals surface area contributed by atoms with Crippen LogP contribution in [0.15, 0.2) is 18.2 Å². The van der Waals surface area contributed by atoms with Crippen molar-refractivity contribution in [2.45, 2.75) is 39.7 Å². The summed E-state index contributed by atoms with van der Waals surface area (Å²) in [7, 11) is 0. The molecule has 0 saturated carbocycles. The van der Waals surface area contributed by atoms with Crippen LogP contribution in [-0.4, -0.2) is 36.3 Å². The lowest BCUT2D eigenvalue weighted by Crippen LogP contribution is -2.35. The standard InChI is InChI=1S/C17H24INO3/c1-12-9-14(5-6-15(12)18)21-11-13-7-8-19(10-13)16(20)22-17(2,3)4/h5-6,9,13H,7-8,10-11H2,1-4H3. The van der Waals surface area contributed by atoms with E-state index >= 15 is 0 Å². The summed E-state index contributed by atoms with van der Waals surface area (Å²) in [6.07, 6.45) is 0.739. The molecule has 1 aliphatic rings. The first-order valence-corrected chi connectivity index (χ1v) is 8.69. The summed E-state index contributed by atoms with van der Waals surface area (Å²) in [5.41, 5.74) is 0.782. The molecule has 0 aliphatic carbocycles. The summed E-state index contributed by atoms with van der Waals surface area (Å²) in [4.78, 5) is 13.8. The second kappa shape index (κ2) is 7.06. The molecule has 1 aromatic rings. The molecule has 4 nitrogen and oxygen atoms in total. The van der Waals surface area contributed by atoms with Gasteiger partial charge in [0.1, 0.15) is 11.4 Å². The fourth-order valence-electron chi connectivity index (χ4n) is 2.38. The maximum atomic E-state index is 12.0. The quantitative estimate of drug-likeness (QED) is 0.691. The van der Waals surface area contributed by atoms with Crippen LogP contribution in [0.5, 0.6) is 5.75 Å². The number of hydrogen-bond donors (Lipinski definition) is 0. The first-order chi connectivity index (χ1) is 10.2.